The first kappa shape index (κ1) is 13.0. The van der Waals surface area contributed by atoms with E-state index >= 15 is 0 Å². The third-order valence-corrected chi connectivity index (χ3v) is 3.27. The van der Waals surface area contributed by atoms with Crippen LogP contribution in [0.15, 0.2) is 0 Å². The zero-order chi connectivity index (χ0) is 11.3. The van der Waals surface area contributed by atoms with Gasteiger partial charge in [0, 0.05) is 18.6 Å². The van der Waals surface area contributed by atoms with Gasteiger partial charge in [-0.15, -0.1) is 0 Å². The summed E-state index contributed by atoms with van der Waals surface area (Å²) in [6.45, 7) is 9.32. The van der Waals surface area contributed by atoms with Gasteiger partial charge in [0.15, 0.2) is 0 Å². The summed E-state index contributed by atoms with van der Waals surface area (Å²) >= 11 is 0. The van der Waals surface area contributed by atoms with Gasteiger partial charge in [-0.25, -0.2) is 0 Å². The van der Waals surface area contributed by atoms with E-state index in [0.29, 0.717) is 12.1 Å². The minimum Gasteiger partial charge on any atom is -0.328 e. The van der Waals surface area contributed by atoms with Gasteiger partial charge in [-0.1, -0.05) is 6.42 Å². The summed E-state index contributed by atoms with van der Waals surface area (Å²) in [6.07, 6.45) is 6.69. The standard InChI is InChI=1S/C13H28N2/c1-11(2)15(10-13-7-8-13)9-5-4-6-12(3)14/h11-13H,4-10,14H2,1-3H3. The second-order valence-corrected chi connectivity index (χ2v) is 5.51. The van der Waals surface area contributed by atoms with Crippen molar-refractivity contribution in [3.8, 4) is 0 Å². The van der Waals surface area contributed by atoms with E-state index in [-0.39, 0.29) is 0 Å². The minimum atomic E-state index is 0.376. The van der Waals surface area contributed by atoms with Crippen molar-refractivity contribution >= 4 is 0 Å². The average molecular weight is 212 g/mol. The zero-order valence-electron chi connectivity index (χ0n) is 10.7. The van der Waals surface area contributed by atoms with E-state index in [1.54, 1.807) is 0 Å². The first-order chi connectivity index (χ1) is 7.09. The topological polar surface area (TPSA) is 29.3 Å². The number of rotatable bonds is 8. The Morgan fingerprint density at radius 2 is 1.87 bits per heavy atom. The third-order valence-electron chi connectivity index (χ3n) is 3.27. The Bertz CT molecular complexity index is 162. The van der Waals surface area contributed by atoms with Crippen molar-refractivity contribution in [1.29, 1.82) is 0 Å². The molecule has 1 saturated carbocycles. The van der Waals surface area contributed by atoms with Gasteiger partial charge in [0.2, 0.25) is 0 Å². The van der Waals surface area contributed by atoms with E-state index in [9.17, 15) is 0 Å². The first-order valence-corrected chi connectivity index (χ1v) is 6.59. The summed E-state index contributed by atoms with van der Waals surface area (Å²) in [6, 6.07) is 1.09. The molecule has 0 saturated heterocycles. The van der Waals surface area contributed by atoms with Crippen molar-refractivity contribution in [1.82, 2.24) is 4.90 Å². The summed E-state index contributed by atoms with van der Waals surface area (Å²) in [5.74, 6) is 1.01. The Kier molecular flexibility index (Phi) is 5.62. The van der Waals surface area contributed by atoms with Gasteiger partial charge in [-0.2, -0.15) is 0 Å². The van der Waals surface area contributed by atoms with Gasteiger partial charge >= 0.3 is 0 Å². The van der Waals surface area contributed by atoms with E-state index in [1.807, 2.05) is 0 Å². The molecule has 0 spiro atoms. The molecule has 0 heterocycles. The fourth-order valence-electron chi connectivity index (χ4n) is 1.97. The number of nitrogens with two attached hydrogens (primary N) is 1. The molecule has 2 nitrogen and oxygen atoms in total. The van der Waals surface area contributed by atoms with E-state index in [1.165, 1.54) is 45.2 Å². The van der Waals surface area contributed by atoms with Crippen LogP contribution < -0.4 is 5.73 Å². The van der Waals surface area contributed by atoms with Crippen LogP contribution in [0.2, 0.25) is 0 Å². The fraction of sp³-hybridized carbons (Fsp3) is 1.00. The first-order valence-electron chi connectivity index (χ1n) is 6.59. The molecule has 1 aliphatic carbocycles. The lowest BCUT2D eigenvalue weighted by atomic mass is 10.1. The van der Waals surface area contributed by atoms with Crippen molar-refractivity contribution in [3.05, 3.63) is 0 Å². The molecule has 0 aliphatic heterocycles. The van der Waals surface area contributed by atoms with Gasteiger partial charge in [-0.05, 0) is 58.9 Å². The quantitative estimate of drug-likeness (QED) is 0.627. The minimum absolute atomic E-state index is 0.376. The highest BCUT2D eigenvalue weighted by Gasteiger charge is 2.24. The Morgan fingerprint density at radius 1 is 1.20 bits per heavy atom. The molecular formula is C13H28N2. The lowest BCUT2D eigenvalue weighted by Crippen LogP contribution is -2.33. The molecule has 0 amide bonds. The number of unbranched alkanes of at least 4 members (excludes halogenated alkanes) is 1. The zero-order valence-corrected chi connectivity index (χ0v) is 10.7. The van der Waals surface area contributed by atoms with Crippen LogP contribution in [0.1, 0.15) is 52.9 Å². The molecule has 0 aromatic carbocycles. The van der Waals surface area contributed by atoms with Crippen molar-refractivity contribution in [2.75, 3.05) is 13.1 Å². The van der Waals surface area contributed by atoms with E-state index < -0.39 is 0 Å². The Hall–Kier alpha value is -0.0800. The SMILES string of the molecule is CC(N)CCCCN(CC1CC1)C(C)C. The number of hydrogen-bond donors (Lipinski definition) is 1. The summed E-state index contributed by atoms with van der Waals surface area (Å²) in [7, 11) is 0. The van der Waals surface area contributed by atoms with Gasteiger partial charge in [0.25, 0.3) is 0 Å². The molecule has 2 heteroatoms. The highest BCUT2D eigenvalue weighted by molar-refractivity contribution is 4.78. The number of nitrogens with zero attached hydrogens (tertiary/aromatic N) is 1. The molecule has 15 heavy (non-hydrogen) atoms. The van der Waals surface area contributed by atoms with E-state index in [2.05, 4.69) is 25.7 Å². The molecule has 1 atom stereocenters. The Morgan fingerprint density at radius 3 is 2.33 bits per heavy atom. The van der Waals surface area contributed by atoms with Crippen LogP contribution in [0.5, 0.6) is 0 Å². The smallest absolute Gasteiger partial charge is 0.00387 e. The summed E-state index contributed by atoms with van der Waals surface area (Å²) < 4.78 is 0. The molecule has 1 fully saturated rings. The number of hydrogen-bond acceptors (Lipinski definition) is 2. The maximum atomic E-state index is 5.75. The van der Waals surface area contributed by atoms with Crippen LogP contribution in [0.3, 0.4) is 0 Å². The largest absolute Gasteiger partial charge is 0.328 e. The lowest BCUT2D eigenvalue weighted by Gasteiger charge is -2.26. The van der Waals surface area contributed by atoms with Gasteiger partial charge < -0.3 is 10.6 Å². The molecule has 1 rings (SSSR count). The summed E-state index contributed by atoms with van der Waals surface area (Å²) in [5, 5.41) is 0. The fourth-order valence-corrected chi connectivity index (χ4v) is 1.97. The summed E-state index contributed by atoms with van der Waals surface area (Å²) in [4.78, 5) is 2.64. The molecular weight excluding hydrogens is 184 g/mol. The monoisotopic (exact) mass is 212 g/mol. The molecule has 0 bridgehead atoms. The van der Waals surface area contributed by atoms with Crippen LogP contribution in [-0.2, 0) is 0 Å². The molecule has 0 aromatic heterocycles. The molecule has 90 valence electrons. The molecule has 1 unspecified atom stereocenters. The Labute approximate surface area is 95.2 Å². The second-order valence-electron chi connectivity index (χ2n) is 5.51. The maximum Gasteiger partial charge on any atom is 0.00387 e. The van der Waals surface area contributed by atoms with Gasteiger partial charge in [0.1, 0.15) is 0 Å². The highest BCUT2D eigenvalue weighted by Crippen LogP contribution is 2.30. The Balaban J connectivity index is 2.08. The van der Waals surface area contributed by atoms with Gasteiger partial charge in [-0.3, -0.25) is 0 Å². The average Bonchev–Trinajstić information content (AvgIpc) is 2.93. The van der Waals surface area contributed by atoms with Crippen molar-refractivity contribution in [3.63, 3.8) is 0 Å². The van der Waals surface area contributed by atoms with Crippen LogP contribution in [0, 0.1) is 5.92 Å². The molecule has 1 aliphatic rings. The van der Waals surface area contributed by atoms with Gasteiger partial charge in [0.05, 0.1) is 0 Å². The van der Waals surface area contributed by atoms with Crippen LogP contribution in [0.4, 0.5) is 0 Å². The predicted octanol–water partition coefficient (Wildman–Crippen LogP) is 2.62. The van der Waals surface area contributed by atoms with Crippen LogP contribution in [-0.4, -0.2) is 30.1 Å². The second kappa shape index (κ2) is 6.49. The molecule has 0 aromatic rings. The van der Waals surface area contributed by atoms with Crippen LogP contribution in [0.25, 0.3) is 0 Å². The normalized spacial score (nSPS) is 18.8. The van der Waals surface area contributed by atoms with E-state index in [0.717, 1.165) is 5.92 Å². The summed E-state index contributed by atoms with van der Waals surface area (Å²) in [5.41, 5.74) is 5.75. The predicted molar refractivity (Wildman–Crippen MR) is 66.9 cm³/mol. The maximum absolute atomic E-state index is 5.75. The van der Waals surface area contributed by atoms with Crippen molar-refractivity contribution in [2.45, 2.75) is 65.0 Å². The lowest BCUT2D eigenvalue weighted by molar-refractivity contribution is 0.207. The third kappa shape index (κ3) is 6.16. The van der Waals surface area contributed by atoms with E-state index in [4.69, 9.17) is 5.73 Å². The molecule has 2 N–H and O–H groups in total. The highest BCUT2D eigenvalue weighted by atomic mass is 15.1. The van der Waals surface area contributed by atoms with Crippen LogP contribution >= 0.6 is 0 Å². The van der Waals surface area contributed by atoms with Crippen molar-refractivity contribution in [2.24, 2.45) is 11.7 Å². The van der Waals surface area contributed by atoms with Crippen molar-refractivity contribution < 1.29 is 0 Å². The molecule has 0 radical (unpaired) electrons.